The van der Waals surface area contributed by atoms with Crippen LogP contribution in [0.3, 0.4) is 0 Å². The van der Waals surface area contributed by atoms with E-state index in [0.717, 1.165) is 11.5 Å². The van der Waals surface area contributed by atoms with Crippen LogP contribution in [0.4, 0.5) is 0 Å². The van der Waals surface area contributed by atoms with Crippen LogP contribution in [0.15, 0.2) is 4.42 Å². The lowest BCUT2D eigenvalue weighted by Crippen LogP contribution is -2.35. The summed E-state index contributed by atoms with van der Waals surface area (Å²) in [7, 11) is 0. The highest BCUT2D eigenvalue weighted by Crippen LogP contribution is 2.36. The lowest BCUT2D eigenvalue weighted by Gasteiger charge is -2.14. The molecule has 3 atom stereocenters. The van der Waals surface area contributed by atoms with Crippen LogP contribution in [-0.4, -0.2) is 22.0 Å². The molecule has 0 bridgehead atoms. The highest BCUT2D eigenvalue weighted by atomic mass is 16.4. The first-order valence-electron chi connectivity index (χ1n) is 6.82. The summed E-state index contributed by atoms with van der Waals surface area (Å²) in [5.41, 5.74) is 0.798. The molecule has 6 nitrogen and oxygen atoms in total. The van der Waals surface area contributed by atoms with Crippen molar-refractivity contribution in [3.05, 3.63) is 17.3 Å². The summed E-state index contributed by atoms with van der Waals surface area (Å²) < 4.78 is 5.38. The van der Waals surface area contributed by atoms with Crippen LogP contribution in [-0.2, 0) is 16.1 Å². The van der Waals surface area contributed by atoms with Gasteiger partial charge in [-0.2, -0.15) is 0 Å². The lowest BCUT2D eigenvalue weighted by atomic mass is 9.95. The molecule has 1 aliphatic rings. The molecule has 1 aromatic heterocycles. The third-order valence-electron chi connectivity index (χ3n) is 3.94. The number of carboxylic acid groups (broad SMARTS) is 1. The van der Waals surface area contributed by atoms with Gasteiger partial charge in [0.15, 0.2) is 0 Å². The summed E-state index contributed by atoms with van der Waals surface area (Å²) in [6, 6.07) is 0. The first-order valence-corrected chi connectivity index (χ1v) is 6.82. The first-order chi connectivity index (χ1) is 9.38. The Morgan fingerprint density at radius 2 is 2.00 bits per heavy atom. The van der Waals surface area contributed by atoms with Gasteiger partial charge in [-0.25, -0.2) is 4.98 Å². The molecule has 0 aromatic carbocycles. The SMILES string of the molecule is Cc1nc(CNC(=O)C2CC(C)CC2C(=O)O)oc1C. The molecule has 1 fully saturated rings. The number of aromatic nitrogens is 1. The highest BCUT2D eigenvalue weighted by Gasteiger charge is 2.41. The molecule has 2 N–H and O–H groups in total. The van der Waals surface area contributed by atoms with Gasteiger partial charge in [0.05, 0.1) is 24.1 Å². The minimum atomic E-state index is -0.891. The van der Waals surface area contributed by atoms with Gasteiger partial charge in [-0.15, -0.1) is 0 Å². The van der Waals surface area contributed by atoms with E-state index in [1.54, 1.807) is 0 Å². The van der Waals surface area contributed by atoms with Crippen molar-refractivity contribution in [3.8, 4) is 0 Å². The molecule has 2 rings (SSSR count). The number of carboxylic acids is 1. The number of carbonyl (C=O) groups excluding carboxylic acids is 1. The van der Waals surface area contributed by atoms with E-state index in [9.17, 15) is 9.59 Å². The molecule has 20 heavy (non-hydrogen) atoms. The summed E-state index contributed by atoms with van der Waals surface area (Å²) in [6.07, 6.45) is 1.18. The van der Waals surface area contributed by atoms with E-state index in [-0.39, 0.29) is 18.4 Å². The Kier molecular flexibility index (Phi) is 4.11. The van der Waals surface area contributed by atoms with Crippen molar-refractivity contribution in [3.63, 3.8) is 0 Å². The number of aryl methyl sites for hydroxylation is 2. The van der Waals surface area contributed by atoms with Crippen molar-refractivity contribution >= 4 is 11.9 Å². The molecule has 1 aliphatic carbocycles. The van der Waals surface area contributed by atoms with E-state index < -0.39 is 17.8 Å². The Bertz CT molecular complexity index is 504. The maximum atomic E-state index is 12.1. The zero-order chi connectivity index (χ0) is 14.9. The number of aliphatic carboxylic acids is 1. The number of carbonyl (C=O) groups is 2. The third-order valence-corrected chi connectivity index (χ3v) is 3.94. The molecule has 0 radical (unpaired) electrons. The average Bonchev–Trinajstić information content (AvgIpc) is 2.91. The minimum absolute atomic E-state index is 0.199. The number of nitrogens with one attached hydrogen (secondary N) is 1. The maximum absolute atomic E-state index is 12.1. The van der Waals surface area contributed by atoms with Gasteiger partial charge in [-0.1, -0.05) is 6.92 Å². The summed E-state index contributed by atoms with van der Waals surface area (Å²) in [4.78, 5) is 27.5. The summed E-state index contributed by atoms with van der Waals surface area (Å²) in [5, 5.41) is 11.9. The Labute approximate surface area is 117 Å². The topological polar surface area (TPSA) is 92.4 Å². The van der Waals surface area contributed by atoms with Gasteiger partial charge in [0.25, 0.3) is 0 Å². The largest absolute Gasteiger partial charge is 0.481 e. The quantitative estimate of drug-likeness (QED) is 0.875. The second kappa shape index (κ2) is 5.64. The number of rotatable bonds is 4. The molecular formula is C14H20N2O4. The number of amides is 1. The Morgan fingerprint density at radius 1 is 1.35 bits per heavy atom. The van der Waals surface area contributed by atoms with Crippen LogP contribution in [0.1, 0.15) is 37.1 Å². The summed E-state index contributed by atoms with van der Waals surface area (Å²) in [5.74, 6) is -0.721. The monoisotopic (exact) mass is 280 g/mol. The van der Waals surface area contributed by atoms with Crippen LogP contribution in [0.2, 0.25) is 0 Å². The van der Waals surface area contributed by atoms with E-state index in [2.05, 4.69) is 10.3 Å². The standard InChI is InChI=1S/C14H20N2O4/c1-7-4-10(11(5-7)14(18)19)13(17)15-6-12-16-8(2)9(3)20-12/h7,10-11H,4-6H2,1-3H3,(H,15,17)(H,18,19). The van der Waals surface area contributed by atoms with Gasteiger partial charge in [-0.05, 0) is 32.6 Å². The van der Waals surface area contributed by atoms with Crippen LogP contribution in [0.5, 0.6) is 0 Å². The maximum Gasteiger partial charge on any atom is 0.307 e. The molecule has 110 valence electrons. The molecular weight excluding hydrogens is 260 g/mol. The molecule has 1 amide bonds. The van der Waals surface area contributed by atoms with Gasteiger partial charge in [0, 0.05) is 0 Å². The average molecular weight is 280 g/mol. The third kappa shape index (κ3) is 3.00. The number of hydrogen-bond donors (Lipinski definition) is 2. The van der Waals surface area contributed by atoms with E-state index in [1.807, 2.05) is 20.8 Å². The van der Waals surface area contributed by atoms with Gasteiger partial charge >= 0.3 is 5.97 Å². The number of hydrogen-bond acceptors (Lipinski definition) is 4. The Morgan fingerprint density at radius 3 is 2.55 bits per heavy atom. The van der Waals surface area contributed by atoms with Crippen molar-refractivity contribution in [1.29, 1.82) is 0 Å². The minimum Gasteiger partial charge on any atom is -0.481 e. The summed E-state index contributed by atoms with van der Waals surface area (Å²) in [6.45, 7) is 5.82. The zero-order valence-electron chi connectivity index (χ0n) is 12.0. The molecule has 0 spiro atoms. The lowest BCUT2D eigenvalue weighted by molar-refractivity contribution is -0.146. The molecule has 0 aliphatic heterocycles. The predicted octanol–water partition coefficient (Wildman–Crippen LogP) is 1.65. The Balaban J connectivity index is 1.95. The van der Waals surface area contributed by atoms with Crippen molar-refractivity contribution in [2.24, 2.45) is 17.8 Å². The summed E-state index contributed by atoms with van der Waals surface area (Å²) >= 11 is 0. The molecule has 1 saturated carbocycles. The zero-order valence-corrected chi connectivity index (χ0v) is 12.0. The molecule has 3 unspecified atom stereocenters. The van der Waals surface area contributed by atoms with Crippen LogP contribution < -0.4 is 5.32 Å². The molecule has 0 saturated heterocycles. The second-order valence-electron chi connectivity index (χ2n) is 5.59. The van der Waals surface area contributed by atoms with Crippen molar-refractivity contribution < 1.29 is 19.1 Å². The molecule has 6 heteroatoms. The van der Waals surface area contributed by atoms with Crippen molar-refractivity contribution in [2.75, 3.05) is 0 Å². The van der Waals surface area contributed by atoms with Gasteiger partial charge in [0.2, 0.25) is 11.8 Å². The molecule has 1 heterocycles. The fourth-order valence-corrected chi connectivity index (χ4v) is 2.76. The van der Waals surface area contributed by atoms with E-state index >= 15 is 0 Å². The smallest absolute Gasteiger partial charge is 0.307 e. The van der Waals surface area contributed by atoms with Crippen LogP contribution in [0.25, 0.3) is 0 Å². The van der Waals surface area contributed by atoms with Gasteiger partial charge in [0.1, 0.15) is 5.76 Å². The van der Waals surface area contributed by atoms with Gasteiger partial charge in [-0.3, -0.25) is 9.59 Å². The Hall–Kier alpha value is -1.85. The fourth-order valence-electron chi connectivity index (χ4n) is 2.76. The first kappa shape index (κ1) is 14.6. The number of oxazole rings is 1. The second-order valence-corrected chi connectivity index (χ2v) is 5.59. The molecule has 1 aromatic rings. The van der Waals surface area contributed by atoms with Gasteiger partial charge < -0.3 is 14.8 Å². The van der Waals surface area contributed by atoms with Crippen molar-refractivity contribution in [2.45, 2.75) is 40.2 Å². The fraction of sp³-hybridized carbons (Fsp3) is 0.643. The van der Waals surface area contributed by atoms with E-state index in [1.165, 1.54) is 0 Å². The van der Waals surface area contributed by atoms with E-state index in [4.69, 9.17) is 9.52 Å². The normalized spacial score (nSPS) is 25.6. The van der Waals surface area contributed by atoms with Crippen LogP contribution in [0, 0.1) is 31.6 Å². The van der Waals surface area contributed by atoms with E-state index in [0.29, 0.717) is 18.7 Å². The highest BCUT2D eigenvalue weighted by molar-refractivity contribution is 5.85. The van der Waals surface area contributed by atoms with Crippen LogP contribution >= 0.6 is 0 Å². The van der Waals surface area contributed by atoms with Crippen molar-refractivity contribution in [1.82, 2.24) is 10.3 Å². The predicted molar refractivity (Wildman–Crippen MR) is 70.8 cm³/mol. The number of nitrogens with zero attached hydrogens (tertiary/aromatic N) is 1.